The van der Waals surface area contributed by atoms with Gasteiger partial charge in [-0.1, -0.05) is 11.6 Å². The highest BCUT2D eigenvalue weighted by Crippen LogP contribution is 2.24. The third kappa shape index (κ3) is 2.95. The Kier molecular flexibility index (Phi) is 3.87. The van der Waals surface area contributed by atoms with Crippen molar-refractivity contribution < 1.29 is 9.53 Å². The molecular weight excluding hydrogens is 266 g/mol. The molecule has 0 saturated heterocycles. The van der Waals surface area contributed by atoms with Crippen LogP contribution in [0.25, 0.3) is 0 Å². The molecule has 19 heavy (non-hydrogen) atoms. The Morgan fingerprint density at radius 2 is 2.21 bits per heavy atom. The lowest BCUT2D eigenvalue weighted by atomic mass is 10.2. The number of carbonyl (C=O) groups excluding carboxylic acids is 1. The molecule has 0 unspecified atom stereocenters. The summed E-state index contributed by atoms with van der Waals surface area (Å²) in [7, 11) is 1.45. The lowest BCUT2D eigenvalue weighted by molar-refractivity contribution is 0.102. The third-order valence-electron chi connectivity index (χ3n) is 2.47. The smallest absolute Gasteiger partial charge is 0.261 e. The van der Waals surface area contributed by atoms with Gasteiger partial charge in [-0.3, -0.25) is 4.79 Å². The monoisotopic (exact) mass is 277 g/mol. The number of amides is 1. The SMILES string of the molecule is COc1ncccc1C(=O)Nc1cc(Cl)ccc1N. The van der Waals surface area contributed by atoms with Crippen molar-refractivity contribution >= 4 is 28.9 Å². The Balaban J connectivity index is 2.28. The molecule has 1 heterocycles. The number of halogens is 1. The number of nitrogens with two attached hydrogens (primary N) is 1. The fourth-order valence-corrected chi connectivity index (χ4v) is 1.72. The number of anilines is 2. The van der Waals surface area contributed by atoms with Crippen molar-refractivity contribution in [2.45, 2.75) is 0 Å². The third-order valence-corrected chi connectivity index (χ3v) is 2.71. The molecule has 98 valence electrons. The van der Waals surface area contributed by atoms with Crippen molar-refractivity contribution in [3.8, 4) is 5.88 Å². The molecule has 0 fully saturated rings. The van der Waals surface area contributed by atoms with Crippen molar-refractivity contribution in [1.29, 1.82) is 0 Å². The van der Waals surface area contributed by atoms with Crippen LogP contribution in [-0.4, -0.2) is 18.0 Å². The first kappa shape index (κ1) is 13.2. The van der Waals surface area contributed by atoms with Gasteiger partial charge in [0.2, 0.25) is 5.88 Å². The molecular formula is C13H12ClN3O2. The number of nitrogen functional groups attached to an aromatic ring is 1. The summed E-state index contributed by atoms with van der Waals surface area (Å²) in [6, 6.07) is 8.12. The Bertz CT molecular complexity index is 617. The molecule has 0 aliphatic heterocycles. The molecule has 2 rings (SSSR count). The number of aromatic nitrogens is 1. The molecule has 1 aromatic carbocycles. The first-order valence-corrected chi connectivity index (χ1v) is 5.85. The molecule has 0 spiro atoms. The van der Waals surface area contributed by atoms with Gasteiger partial charge < -0.3 is 15.8 Å². The number of ether oxygens (including phenoxy) is 1. The lowest BCUT2D eigenvalue weighted by Crippen LogP contribution is -2.14. The van der Waals surface area contributed by atoms with Crippen molar-refractivity contribution in [2.24, 2.45) is 0 Å². The molecule has 1 amide bonds. The van der Waals surface area contributed by atoms with E-state index < -0.39 is 0 Å². The number of hydrogen-bond acceptors (Lipinski definition) is 4. The van der Waals surface area contributed by atoms with Crippen LogP contribution in [0.1, 0.15) is 10.4 Å². The topological polar surface area (TPSA) is 77.2 Å². The molecule has 6 heteroatoms. The van der Waals surface area contributed by atoms with E-state index in [2.05, 4.69) is 10.3 Å². The number of hydrogen-bond donors (Lipinski definition) is 2. The van der Waals surface area contributed by atoms with E-state index in [1.165, 1.54) is 7.11 Å². The summed E-state index contributed by atoms with van der Waals surface area (Å²) >= 11 is 5.86. The van der Waals surface area contributed by atoms with Crippen LogP contribution in [0.5, 0.6) is 5.88 Å². The standard InChI is InChI=1S/C13H12ClN3O2/c1-19-13-9(3-2-6-16-13)12(18)17-11-7-8(14)4-5-10(11)15/h2-7H,15H2,1H3,(H,17,18). The molecule has 0 radical (unpaired) electrons. The predicted molar refractivity (Wildman–Crippen MR) is 74.6 cm³/mol. The van der Waals surface area contributed by atoms with Crippen LogP contribution in [0.3, 0.4) is 0 Å². The number of nitrogens with one attached hydrogen (secondary N) is 1. The number of nitrogens with zero attached hydrogens (tertiary/aromatic N) is 1. The lowest BCUT2D eigenvalue weighted by Gasteiger charge is -2.10. The number of pyridine rings is 1. The average Bonchev–Trinajstić information content (AvgIpc) is 2.42. The Labute approximate surface area is 115 Å². The van der Waals surface area contributed by atoms with Gasteiger partial charge in [0, 0.05) is 11.2 Å². The maximum absolute atomic E-state index is 12.1. The minimum absolute atomic E-state index is 0.251. The number of benzene rings is 1. The van der Waals surface area contributed by atoms with E-state index in [1.54, 1.807) is 36.5 Å². The molecule has 0 saturated carbocycles. The molecule has 5 nitrogen and oxygen atoms in total. The van der Waals surface area contributed by atoms with Gasteiger partial charge in [-0.05, 0) is 30.3 Å². The van der Waals surface area contributed by atoms with Gasteiger partial charge in [-0.15, -0.1) is 0 Å². The maximum Gasteiger partial charge on any atom is 0.261 e. The molecule has 1 aromatic heterocycles. The zero-order valence-electron chi connectivity index (χ0n) is 10.2. The van der Waals surface area contributed by atoms with Crippen molar-refractivity contribution in [3.63, 3.8) is 0 Å². The van der Waals surface area contributed by atoms with E-state index in [9.17, 15) is 4.79 Å². The van der Waals surface area contributed by atoms with Crippen LogP contribution in [0.4, 0.5) is 11.4 Å². The fraction of sp³-hybridized carbons (Fsp3) is 0.0769. The summed E-state index contributed by atoms with van der Waals surface area (Å²) in [4.78, 5) is 16.1. The summed E-state index contributed by atoms with van der Waals surface area (Å²) in [5.41, 5.74) is 6.97. The van der Waals surface area contributed by atoms with E-state index in [0.717, 1.165) is 0 Å². The van der Waals surface area contributed by atoms with E-state index in [1.807, 2.05) is 0 Å². The van der Waals surface area contributed by atoms with Crippen LogP contribution in [-0.2, 0) is 0 Å². The van der Waals surface area contributed by atoms with E-state index in [-0.39, 0.29) is 11.8 Å². The van der Waals surface area contributed by atoms with Crippen LogP contribution >= 0.6 is 11.6 Å². The minimum Gasteiger partial charge on any atom is -0.480 e. The summed E-state index contributed by atoms with van der Waals surface area (Å²) in [6.07, 6.45) is 1.54. The molecule has 0 atom stereocenters. The second-order valence-electron chi connectivity index (χ2n) is 3.75. The van der Waals surface area contributed by atoms with E-state index >= 15 is 0 Å². The van der Waals surface area contributed by atoms with Crippen molar-refractivity contribution in [2.75, 3.05) is 18.2 Å². The minimum atomic E-state index is -0.362. The predicted octanol–water partition coefficient (Wildman–Crippen LogP) is 2.58. The maximum atomic E-state index is 12.1. The first-order chi connectivity index (χ1) is 9.11. The molecule has 2 aromatic rings. The summed E-state index contributed by atoms with van der Waals surface area (Å²) < 4.78 is 5.03. The van der Waals surface area contributed by atoms with Gasteiger partial charge in [0.1, 0.15) is 5.56 Å². The first-order valence-electron chi connectivity index (χ1n) is 5.47. The van der Waals surface area contributed by atoms with Crippen LogP contribution in [0.15, 0.2) is 36.5 Å². The van der Waals surface area contributed by atoms with Gasteiger partial charge in [-0.25, -0.2) is 4.98 Å². The quantitative estimate of drug-likeness (QED) is 0.846. The number of rotatable bonds is 3. The zero-order chi connectivity index (χ0) is 13.8. The highest BCUT2D eigenvalue weighted by atomic mass is 35.5. The van der Waals surface area contributed by atoms with Crippen LogP contribution in [0.2, 0.25) is 5.02 Å². The number of carbonyl (C=O) groups is 1. The van der Waals surface area contributed by atoms with Crippen molar-refractivity contribution in [3.05, 3.63) is 47.1 Å². The van der Waals surface area contributed by atoms with Gasteiger partial charge in [0.05, 0.1) is 18.5 Å². The van der Waals surface area contributed by atoms with Gasteiger partial charge >= 0.3 is 0 Å². The molecule has 0 aliphatic carbocycles. The van der Waals surface area contributed by atoms with Gasteiger partial charge in [0.15, 0.2) is 0 Å². The summed E-state index contributed by atoms with van der Waals surface area (Å²) in [6.45, 7) is 0. The Hall–Kier alpha value is -2.27. The van der Waals surface area contributed by atoms with Gasteiger partial charge in [0.25, 0.3) is 5.91 Å². The normalized spacial score (nSPS) is 10.0. The highest BCUT2D eigenvalue weighted by Gasteiger charge is 2.14. The summed E-state index contributed by atoms with van der Waals surface area (Å²) in [5.74, 6) is -0.112. The molecule has 0 bridgehead atoms. The van der Waals surface area contributed by atoms with E-state index in [4.69, 9.17) is 22.1 Å². The molecule has 3 N–H and O–H groups in total. The Morgan fingerprint density at radius 3 is 2.95 bits per heavy atom. The Morgan fingerprint density at radius 1 is 1.42 bits per heavy atom. The number of methoxy groups -OCH3 is 1. The van der Waals surface area contributed by atoms with Crippen LogP contribution < -0.4 is 15.8 Å². The second-order valence-corrected chi connectivity index (χ2v) is 4.18. The van der Waals surface area contributed by atoms with E-state index in [0.29, 0.717) is 22.0 Å². The van der Waals surface area contributed by atoms with Crippen LogP contribution in [0, 0.1) is 0 Å². The fourth-order valence-electron chi connectivity index (χ4n) is 1.55. The average molecular weight is 278 g/mol. The zero-order valence-corrected chi connectivity index (χ0v) is 10.9. The van der Waals surface area contributed by atoms with Gasteiger partial charge in [-0.2, -0.15) is 0 Å². The summed E-state index contributed by atoms with van der Waals surface area (Å²) in [5, 5.41) is 3.16. The second kappa shape index (κ2) is 5.58. The van der Waals surface area contributed by atoms with Crippen molar-refractivity contribution in [1.82, 2.24) is 4.98 Å². The highest BCUT2D eigenvalue weighted by molar-refractivity contribution is 6.31. The largest absolute Gasteiger partial charge is 0.480 e. The molecule has 0 aliphatic rings.